The van der Waals surface area contributed by atoms with Crippen molar-refractivity contribution >= 4 is 28.7 Å². The fourth-order valence-electron chi connectivity index (χ4n) is 3.93. The summed E-state index contributed by atoms with van der Waals surface area (Å²) in [5, 5.41) is 0.758. The molecule has 0 aliphatic rings. The molecule has 6 heteroatoms. The smallest absolute Gasteiger partial charge is 0.197 e. The Balaban J connectivity index is 1.74. The van der Waals surface area contributed by atoms with Crippen LogP contribution in [0.5, 0.6) is 17.2 Å². The van der Waals surface area contributed by atoms with Crippen LogP contribution in [0.1, 0.15) is 47.0 Å². The summed E-state index contributed by atoms with van der Waals surface area (Å²) >= 11 is 0. The predicted octanol–water partition coefficient (Wildman–Crippen LogP) is 6.78. The molecule has 3 aromatic carbocycles. The van der Waals surface area contributed by atoms with E-state index in [-0.39, 0.29) is 5.78 Å². The molecule has 0 atom stereocenters. The lowest BCUT2D eigenvalue weighted by Crippen LogP contribution is -2.04. The molecule has 0 radical (unpaired) electrons. The van der Waals surface area contributed by atoms with Crippen molar-refractivity contribution in [3.05, 3.63) is 83.1 Å². The molecule has 1 heterocycles. The standard InChI is InChI=1S/C29H29NO5/c1-5-6-7-26-28(29(31)19-8-12-22(32-2)13-9-19)24-16-21(11-15-25(24)35-26)30-18-20-10-14-23(33-3)17-27(20)34-4/h8-18H,5-7H2,1-4H3. The van der Waals surface area contributed by atoms with Gasteiger partial charge < -0.3 is 18.6 Å². The van der Waals surface area contributed by atoms with Crippen molar-refractivity contribution in [2.24, 2.45) is 4.99 Å². The van der Waals surface area contributed by atoms with Crippen molar-refractivity contribution < 1.29 is 23.4 Å². The molecule has 0 N–H and O–H groups in total. The number of hydrogen-bond acceptors (Lipinski definition) is 6. The van der Waals surface area contributed by atoms with Crippen molar-refractivity contribution in [2.45, 2.75) is 26.2 Å². The lowest BCUT2D eigenvalue weighted by atomic mass is 9.98. The Labute approximate surface area is 205 Å². The molecule has 0 fully saturated rings. The maximum absolute atomic E-state index is 13.6. The number of methoxy groups -OCH3 is 3. The quantitative estimate of drug-likeness (QED) is 0.188. The number of hydrogen-bond donors (Lipinski definition) is 0. The monoisotopic (exact) mass is 471 g/mol. The van der Waals surface area contributed by atoms with E-state index >= 15 is 0 Å². The summed E-state index contributed by atoms with van der Waals surface area (Å²) in [6.07, 6.45) is 4.38. The number of carbonyl (C=O) groups excluding carboxylic acids is 1. The number of fused-ring (bicyclic) bond motifs is 1. The highest BCUT2D eigenvalue weighted by molar-refractivity contribution is 6.17. The van der Waals surface area contributed by atoms with E-state index < -0.39 is 0 Å². The van der Waals surface area contributed by atoms with Gasteiger partial charge in [-0.2, -0.15) is 0 Å². The SMILES string of the molecule is CCCCc1oc2ccc(N=Cc3ccc(OC)cc3OC)cc2c1C(=O)c1ccc(OC)cc1. The van der Waals surface area contributed by atoms with Gasteiger partial charge in [-0.05, 0) is 61.0 Å². The topological polar surface area (TPSA) is 70.3 Å². The molecule has 0 saturated heterocycles. The molecule has 0 amide bonds. The molecular weight excluding hydrogens is 442 g/mol. The van der Waals surface area contributed by atoms with Crippen LogP contribution in [0.4, 0.5) is 5.69 Å². The van der Waals surface area contributed by atoms with E-state index in [1.807, 2.05) is 36.4 Å². The number of ether oxygens (including phenoxy) is 3. The number of aliphatic imine (C=N–C) groups is 1. The van der Waals surface area contributed by atoms with Gasteiger partial charge in [0.25, 0.3) is 0 Å². The molecule has 0 saturated carbocycles. The zero-order chi connectivity index (χ0) is 24.8. The minimum absolute atomic E-state index is 0.0736. The minimum Gasteiger partial charge on any atom is -0.497 e. The second kappa shape index (κ2) is 10.9. The first-order valence-corrected chi connectivity index (χ1v) is 11.6. The largest absolute Gasteiger partial charge is 0.497 e. The summed E-state index contributed by atoms with van der Waals surface area (Å²) in [6, 6.07) is 18.3. The molecule has 0 unspecified atom stereocenters. The Hall–Kier alpha value is -4.06. The zero-order valence-electron chi connectivity index (χ0n) is 20.5. The maximum Gasteiger partial charge on any atom is 0.197 e. The third-order valence-corrected chi connectivity index (χ3v) is 5.87. The van der Waals surface area contributed by atoms with Gasteiger partial charge in [-0.3, -0.25) is 9.79 Å². The van der Waals surface area contributed by atoms with Gasteiger partial charge in [0.15, 0.2) is 5.78 Å². The number of unbranched alkanes of at least 4 members (excludes halogenated alkanes) is 1. The van der Waals surface area contributed by atoms with Gasteiger partial charge >= 0.3 is 0 Å². The van der Waals surface area contributed by atoms with Gasteiger partial charge in [0.05, 0.1) is 32.6 Å². The van der Waals surface area contributed by atoms with Gasteiger partial charge in [0.1, 0.15) is 28.6 Å². The molecule has 0 aliphatic carbocycles. The van der Waals surface area contributed by atoms with Crippen molar-refractivity contribution in [1.29, 1.82) is 0 Å². The summed E-state index contributed by atoms with van der Waals surface area (Å²) in [4.78, 5) is 18.2. The van der Waals surface area contributed by atoms with Crippen LogP contribution in [0.2, 0.25) is 0 Å². The number of benzene rings is 3. The first-order chi connectivity index (χ1) is 17.1. The van der Waals surface area contributed by atoms with E-state index in [2.05, 4.69) is 11.9 Å². The van der Waals surface area contributed by atoms with Gasteiger partial charge in [0.2, 0.25) is 0 Å². The first kappa shape index (κ1) is 24.1. The fourth-order valence-corrected chi connectivity index (χ4v) is 3.93. The van der Waals surface area contributed by atoms with E-state index in [4.69, 9.17) is 18.6 Å². The van der Waals surface area contributed by atoms with Crippen molar-refractivity contribution in [1.82, 2.24) is 0 Å². The number of furan rings is 1. The first-order valence-electron chi connectivity index (χ1n) is 11.6. The number of carbonyl (C=O) groups is 1. The summed E-state index contributed by atoms with van der Waals surface area (Å²) < 4.78 is 22.1. The summed E-state index contributed by atoms with van der Waals surface area (Å²) in [7, 11) is 4.83. The zero-order valence-corrected chi connectivity index (χ0v) is 20.5. The Kier molecular flexibility index (Phi) is 7.51. The Morgan fingerprint density at radius 2 is 1.66 bits per heavy atom. The van der Waals surface area contributed by atoms with Crippen molar-refractivity contribution in [3.8, 4) is 17.2 Å². The summed E-state index contributed by atoms with van der Waals surface area (Å²) in [6.45, 7) is 2.12. The molecule has 6 nitrogen and oxygen atoms in total. The van der Waals surface area contributed by atoms with Crippen molar-refractivity contribution in [3.63, 3.8) is 0 Å². The van der Waals surface area contributed by atoms with Crippen LogP contribution < -0.4 is 14.2 Å². The highest BCUT2D eigenvalue weighted by atomic mass is 16.5. The lowest BCUT2D eigenvalue weighted by molar-refractivity contribution is 0.103. The molecule has 180 valence electrons. The number of ketones is 1. The van der Waals surface area contributed by atoms with Crippen LogP contribution in [0, 0.1) is 0 Å². The Bertz CT molecular complexity index is 1350. The molecule has 0 aliphatic heterocycles. The number of nitrogens with zero attached hydrogens (tertiary/aromatic N) is 1. The minimum atomic E-state index is -0.0736. The molecule has 0 bridgehead atoms. The van der Waals surface area contributed by atoms with E-state index in [1.54, 1.807) is 51.8 Å². The second-order valence-corrected chi connectivity index (χ2v) is 8.11. The van der Waals surface area contributed by atoms with Gasteiger partial charge in [-0.25, -0.2) is 0 Å². The van der Waals surface area contributed by atoms with Crippen LogP contribution >= 0.6 is 0 Å². The Morgan fingerprint density at radius 1 is 0.914 bits per heavy atom. The highest BCUT2D eigenvalue weighted by Gasteiger charge is 2.22. The summed E-state index contributed by atoms with van der Waals surface area (Å²) in [5.41, 5.74) is 3.38. The van der Waals surface area contributed by atoms with Crippen LogP contribution in [-0.2, 0) is 6.42 Å². The van der Waals surface area contributed by atoms with E-state index in [0.29, 0.717) is 51.8 Å². The molecule has 0 spiro atoms. The molecule has 35 heavy (non-hydrogen) atoms. The second-order valence-electron chi connectivity index (χ2n) is 8.11. The van der Waals surface area contributed by atoms with Gasteiger partial charge in [-0.1, -0.05) is 13.3 Å². The fraction of sp³-hybridized carbons (Fsp3) is 0.241. The molecule has 1 aromatic heterocycles. The van der Waals surface area contributed by atoms with Crippen LogP contribution in [-0.4, -0.2) is 33.3 Å². The average molecular weight is 472 g/mol. The highest BCUT2D eigenvalue weighted by Crippen LogP contribution is 2.33. The van der Waals surface area contributed by atoms with Crippen LogP contribution in [0.15, 0.2) is 70.1 Å². The maximum atomic E-state index is 13.6. The molecule has 4 rings (SSSR count). The van der Waals surface area contributed by atoms with Crippen LogP contribution in [0.25, 0.3) is 11.0 Å². The normalized spacial score (nSPS) is 11.2. The third-order valence-electron chi connectivity index (χ3n) is 5.87. The predicted molar refractivity (Wildman–Crippen MR) is 138 cm³/mol. The molecular formula is C29H29NO5. The number of aryl methyl sites for hydroxylation is 1. The van der Waals surface area contributed by atoms with Gasteiger partial charge in [0, 0.05) is 35.2 Å². The average Bonchev–Trinajstić information content (AvgIpc) is 3.27. The van der Waals surface area contributed by atoms with Crippen LogP contribution in [0.3, 0.4) is 0 Å². The third kappa shape index (κ3) is 5.22. The van der Waals surface area contributed by atoms with E-state index in [9.17, 15) is 4.79 Å². The van der Waals surface area contributed by atoms with Gasteiger partial charge in [-0.15, -0.1) is 0 Å². The van der Waals surface area contributed by atoms with E-state index in [0.717, 1.165) is 23.8 Å². The Morgan fingerprint density at radius 3 is 2.34 bits per heavy atom. The molecule has 4 aromatic rings. The summed E-state index contributed by atoms with van der Waals surface area (Å²) in [5.74, 6) is 2.71. The number of rotatable bonds is 10. The van der Waals surface area contributed by atoms with E-state index in [1.165, 1.54) is 0 Å². The van der Waals surface area contributed by atoms with Crippen molar-refractivity contribution in [2.75, 3.05) is 21.3 Å². The lowest BCUT2D eigenvalue weighted by Gasteiger charge is -2.07.